The van der Waals surface area contributed by atoms with Gasteiger partial charge in [-0.3, -0.25) is 0 Å². The fraction of sp³-hybridized carbons (Fsp3) is 0.308. The smallest absolute Gasteiger partial charge is 0.194 e. The zero-order valence-electron chi connectivity index (χ0n) is 21.0. The van der Waals surface area contributed by atoms with Crippen molar-refractivity contribution >= 4 is 23.8 Å². The average Bonchev–Trinajstić information content (AvgIpc) is 2.93. The Morgan fingerprint density at radius 1 is 0.318 bits per heavy atom. The highest BCUT2D eigenvalue weighted by atomic mass is 31.1. The van der Waals surface area contributed by atoms with Gasteiger partial charge in [0.2, 0.25) is 0 Å². The van der Waals surface area contributed by atoms with Crippen LogP contribution in [0, 0.1) is 0 Å². The molecule has 0 aliphatic carbocycles. The fourth-order valence-electron chi connectivity index (χ4n) is 3.77. The number of benzene rings is 3. The molecule has 0 aromatic heterocycles. The van der Waals surface area contributed by atoms with Crippen molar-refractivity contribution in [2.75, 3.05) is 0 Å². The first-order valence-electron chi connectivity index (χ1n) is 11.5. The Labute approximate surface area is 237 Å². The van der Waals surface area contributed by atoms with Crippen LogP contribution in [0.25, 0.3) is 0 Å². The number of rotatable bonds is 10. The Morgan fingerprint density at radius 3 is 0.955 bits per heavy atom. The van der Waals surface area contributed by atoms with E-state index in [-0.39, 0.29) is 17.4 Å². The number of alkyl halides is 17. The highest BCUT2D eigenvalue weighted by Gasteiger charge is 2.95. The van der Waals surface area contributed by atoms with Crippen LogP contribution in [-0.4, -0.2) is 41.7 Å². The van der Waals surface area contributed by atoms with Gasteiger partial charge in [-0.1, -0.05) is 84.9 Å². The van der Waals surface area contributed by atoms with Gasteiger partial charge >= 0.3 is 47.6 Å². The Kier molecular flexibility index (Phi) is 8.89. The van der Waals surface area contributed by atoms with E-state index in [4.69, 9.17) is 0 Å². The Balaban J connectivity index is 2.08. The molecular weight excluding hydrogens is 666 g/mol. The van der Waals surface area contributed by atoms with Gasteiger partial charge in [0.15, 0.2) is 0 Å². The summed E-state index contributed by atoms with van der Waals surface area (Å²) in [5.41, 5.74) is -2.24. The second-order valence-electron chi connectivity index (χ2n) is 9.07. The van der Waals surface area contributed by atoms with Crippen LogP contribution in [0.15, 0.2) is 84.9 Å². The van der Waals surface area contributed by atoms with E-state index >= 15 is 0 Å². The van der Waals surface area contributed by atoms with Crippen molar-refractivity contribution < 1.29 is 74.6 Å². The number of hydrogen-bond acceptors (Lipinski definition) is 0. The molecule has 242 valence electrons. The van der Waals surface area contributed by atoms with Gasteiger partial charge in [0.1, 0.15) is 0 Å². The summed E-state index contributed by atoms with van der Waals surface area (Å²) in [6, 6.07) is 17.2. The van der Waals surface area contributed by atoms with Crippen molar-refractivity contribution in [2.45, 2.75) is 47.6 Å². The molecule has 0 aliphatic rings. The van der Waals surface area contributed by atoms with Gasteiger partial charge in [-0.15, -0.1) is 0 Å². The Morgan fingerprint density at radius 2 is 0.614 bits per heavy atom. The second-order valence-corrected chi connectivity index (χ2v) is 11.3. The van der Waals surface area contributed by atoms with Crippen LogP contribution >= 0.6 is 7.92 Å². The minimum Gasteiger partial charge on any atom is -0.194 e. The van der Waals surface area contributed by atoms with Crippen molar-refractivity contribution in [2.24, 2.45) is 0 Å². The normalized spacial score (nSPS) is 14.7. The topological polar surface area (TPSA) is 0 Å². The lowest BCUT2D eigenvalue weighted by Gasteiger charge is -2.42. The molecule has 44 heavy (non-hydrogen) atoms. The molecule has 0 fully saturated rings. The van der Waals surface area contributed by atoms with E-state index in [0.29, 0.717) is 22.7 Å². The Bertz CT molecular complexity index is 1380. The van der Waals surface area contributed by atoms with E-state index in [1.165, 1.54) is 0 Å². The largest absolute Gasteiger partial charge is 0.460 e. The SMILES string of the molecule is FC(F)(F)C(F)(F)C(F)(F)C(F)(F)C(F)(F)C(F)(F)C(F)(F)C(F)(F)c1ccc(P(c2ccccc2)c2ccccc2)cc1. The third-order valence-electron chi connectivity index (χ3n) is 6.24. The lowest BCUT2D eigenvalue weighted by atomic mass is 9.87. The summed E-state index contributed by atoms with van der Waals surface area (Å²) in [6.07, 6.45) is -7.79. The van der Waals surface area contributed by atoms with Crippen LogP contribution in [0.1, 0.15) is 5.56 Å². The first kappa shape index (κ1) is 35.4. The second kappa shape index (κ2) is 11.1. The lowest BCUT2D eigenvalue weighted by Crippen LogP contribution is -2.74. The molecule has 0 amide bonds. The molecular formula is C26H14F17P. The van der Waals surface area contributed by atoms with Crippen LogP contribution < -0.4 is 15.9 Å². The molecule has 0 bridgehead atoms. The number of halogens is 17. The third kappa shape index (κ3) is 5.18. The molecule has 0 atom stereocenters. The summed E-state index contributed by atoms with van der Waals surface area (Å²) in [4.78, 5) is 0. The summed E-state index contributed by atoms with van der Waals surface area (Å²) in [7, 11) is -1.66. The Hall–Kier alpha value is -3.10. The molecule has 0 saturated heterocycles. The summed E-state index contributed by atoms with van der Waals surface area (Å²) >= 11 is 0. The van der Waals surface area contributed by atoms with E-state index in [2.05, 4.69) is 0 Å². The minimum absolute atomic E-state index is 0.0171. The molecule has 0 saturated carbocycles. The summed E-state index contributed by atoms with van der Waals surface area (Å²) in [5, 5.41) is 1.17. The molecule has 0 radical (unpaired) electrons. The molecule has 0 spiro atoms. The van der Waals surface area contributed by atoms with Crippen LogP contribution in [0.4, 0.5) is 74.6 Å². The van der Waals surface area contributed by atoms with Gasteiger partial charge in [0, 0.05) is 5.56 Å². The molecule has 0 unspecified atom stereocenters. The highest BCUT2D eigenvalue weighted by Crippen LogP contribution is 2.65. The zero-order chi connectivity index (χ0) is 33.8. The van der Waals surface area contributed by atoms with E-state index in [0.717, 1.165) is 0 Å². The van der Waals surface area contributed by atoms with E-state index in [1.54, 1.807) is 60.7 Å². The van der Waals surface area contributed by atoms with Crippen LogP contribution in [-0.2, 0) is 5.92 Å². The van der Waals surface area contributed by atoms with Crippen molar-refractivity contribution in [3.05, 3.63) is 90.5 Å². The standard InChI is InChI=1S/C26H14F17P/c27-19(28,15-11-13-18(14-12-15)44(16-7-3-1-4-8-16)17-9-5-2-6-10-17)20(29,30)21(31,32)22(33,34)23(35,36)24(37,38)25(39,40)26(41,42)43/h1-14H. The maximum Gasteiger partial charge on any atom is 0.460 e. The molecule has 0 heterocycles. The maximum absolute atomic E-state index is 14.7. The average molecular weight is 680 g/mol. The van der Waals surface area contributed by atoms with Crippen LogP contribution in [0.5, 0.6) is 0 Å². The lowest BCUT2D eigenvalue weighted by molar-refractivity contribution is -0.462. The van der Waals surface area contributed by atoms with Crippen molar-refractivity contribution in [1.29, 1.82) is 0 Å². The van der Waals surface area contributed by atoms with Gasteiger partial charge < -0.3 is 0 Å². The van der Waals surface area contributed by atoms with Gasteiger partial charge in [-0.05, 0) is 23.8 Å². The van der Waals surface area contributed by atoms with Crippen molar-refractivity contribution in [3.63, 3.8) is 0 Å². The summed E-state index contributed by atoms with van der Waals surface area (Å²) in [5.74, 6) is -56.7. The van der Waals surface area contributed by atoms with E-state index in [1.807, 2.05) is 0 Å². The first-order chi connectivity index (χ1) is 19.8. The fourth-order valence-corrected chi connectivity index (χ4v) is 6.05. The molecule has 3 aromatic carbocycles. The van der Waals surface area contributed by atoms with Gasteiger partial charge in [-0.2, -0.15) is 74.6 Å². The van der Waals surface area contributed by atoms with Gasteiger partial charge in [0.05, 0.1) is 0 Å². The minimum atomic E-state index is -8.66. The predicted molar refractivity (Wildman–Crippen MR) is 125 cm³/mol. The van der Waals surface area contributed by atoms with Crippen molar-refractivity contribution in [1.82, 2.24) is 0 Å². The third-order valence-corrected chi connectivity index (χ3v) is 8.68. The quantitative estimate of drug-likeness (QED) is 0.148. The highest BCUT2D eigenvalue weighted by molar-refractivity contribution is 7.79. The zero-order valence-corrected chi connectivity index (χ0v) is 21.8. The maximum atomic E-state index is 14.7. The van der Waals surface area contributed by atoms with Gasteiger partial charge in [-0.25, -0.2) is 0 Å². The van der Waals surface area contributed by atoms with Crippen molar-refractivity contribution in [3.8, 4) is 0 Å². The number of hydrogen-bond donors (Lipinski definition) is 0. The molecule has 3 aromatic rings. The molecule has 0 N–H and O–H groups in total. The van der Waals surface area contributed by atoms with E-state index in [9.17, 15) is 74.6 Å². The predicted octanol–water partition coefficient (Wildman–Crippen LogP) is 8.91. The summed E-state index contributed by atoms with van der Waals surface area (Å²) < 4.78 is 232. The molecule has 0 nitrogen and oxygen atoms in total. The summed E-state index contributed by atoms with van der Waals surface area (Å²) in [6.45, 7) is 0. The molecule has 3 rings (SSSR count). The van der Waals surface area contributed by atoms with Gasteiger partial charge in [0.25, 0.3) is 0 Å². The molecule has 0 aliphatic heterocycles. The van der Waals surface area contributed by atoms with Crippen LogP contribution in [0.3, 0.4) is 0 Å². The first-order valence-corrected chi connectivity index (χ1v) is 12.9. The van der Waals surface area contributed by atoms with E-state index < -0.39 is 61.1 Å². The monoisotopic (exact) mass is 680 g/mol. The molecule has 18 heteroatoms. The van der Waals surface area contributed by atoms with Crippen LogP contribution in [0.2, 0.25) is 0 Å².